The molecule has 3 rings (SSSR count). The maximum absolute atomic E-state index is 6.13. The SMILES string of the molecule is Cc1ccc(Nc2nc(NN)nc3sccc23)cc1Cl. The molecule has 0 fully saturated rings. The Balaban J connectivity index is 2.04. The standard InChI is InChI=1S/C13H12ClN5S/c1-7-2-3-8(6-10(7)14)16-11-9-4-5-20-12(9)18-13(17-11)19-15/h2-6H,15H2,1H3,(H2,16,17,18,19). The zero-order valence-electron chi connectivity index (χ0n) is 10.6. The number of fused-ring (bicyclic) bond motifs is 1. The number of hydrogen-bond donors (Lipinski definition) is 3. The molecule has 0 aliphatic carbocycles. The second-order valence-electron chi connectivity index (χ2n) is 4.27. The molecule has 0 radical (unpaired) electrons. The van der Waals surface area contributed by atoms with Crippen molar-refractivity contribution in [1.29, 1.82) is 0 Å². The van der Waals surface area contributed by atoms with E-state index in [-0.39, 0.29) is 0 Å². The summed E-state index contributed by atoms with van der Waals surface area (Å²) in [5.74, 6) is 6.47. The smallest absolute Gasteiger partial charge is 0.240 e. The summed E-state index contributed by atoms with van der Waals surface area (Å²) in [4.78, 5) is 9.51. The summed E-state index contributed by atoms with van der Waals surface area (Å²) in [6, 6.07) is 7.75. The van der Waals surface area contributed by atoms with Crippen LogP contribution in [-0.2, 0) is 0 Å². The third-order valence-corrected chi connectivity index (χ3v) is 4.10. The highest BCUT2D eigenvalue weighted by Crippen LogP contribution is 2.29. The second-order valence-corrected chi connectivity index (χ2v) is 5.57. The highest BCUT2D eigenvalue weighted by molar-refractivity contribution is 7.16. The van der Waals surface area contributed by atoms with Crippen LogP contribution >= 0.6 is 22.9 Å². The van der Waals surface area contributed by atoms with E-state index in [9.17, 15) is 0 Å². The van der Waals surface area contributed by atoms with Crippen molar-refractivity contribution in [2.75, 3.05) is 10.7 Å². The second kappa shape index (κ2) is 5.24. The van der Waals surface area contributed by atoms with Crippen LogP contribution < -0.4 is 16.6 Å². The van der Waals surface area contributed by atoms with Crippen LogP contribution in [0.1, 0.15) is 5.56 Å². The van der Waals surface area contributed by atoms with E-state index in [0.29, 0.717) is 16.8 Å². The Morgan fingerprint density at radius 3 is 2.85 bits per heavy atom. The predicted molar refractivity (Wildman–Crippen MR) is 84.7 cm³/mol. The number of nitrogen functional groups attached to an aromatic ring is 1. The monoisotopic (exact) mass is 305 g/mol. The molecule has 2 aromatic heterocycles. The molecule has 0 aliphatic heterocycles. The average molecular weight is 306 g/mol. The number of aromatic nitrogens is 2. The summed E-state index contributed by atoms with van der Waals surface area (Å²) in [6.07, 6.45) is 0. The molecule has 0 spiro atoms. The molecule has 102 valence electrons. The summed E-state index contributed by atoms with van der Waals surface area (Å²) in [7, 11) is 0. The maximum atomic E-state index is 6.13. The van der Waals surface area contributed by atoms with Crippen molar-refractivity contribution >= 4 is 50.6 Å². The largest absolute Gasteiger partial charge is 0.339 e. The first-order valence-electron chi connectivity index (χ1n) is 5.92. The van der Waals surface area contributed by atoms with E-state index in [0.717, 1.165) is 21.5 Å². The minimum absolute atomic E-state index is 0.376. The van der Waals surface area contributed by atoms with Gasteiger partial charge in [-0.2, -0.15) is 4.98 Å². The van der Waals surface area contributed by atoms with E-state index < -0.39 is 0 Å². The molecule has 4 N–H and O–H groups in total. The first-order chi connectivity index (χ1) is 9.67. The van der Waals surface area contributed by atoms with E-state index in [4.69, 9.17) is 17.4 Å². The number of nitrogens with two attached hydrogens (primary N) is 1. The van der Waals surface area contributed by atoms with Crippen molar-refractivity contribution in [2.45, 2.75) is 6.92 Å². The van der Waals surface area contributed by atoms with Gasteiger partial charge in [-0.3, -0.25) is 5.43 Å². The third kappa shape index (κ3) is 2.40. The van der Waals surface area contributed by atoms with Gasteiger partial charge in [0.1, 0.15) is 10.6 Å². The van der Waals surface area contributed by atoms with Gasteiger partial charge in [-0.1, -0.05) is 17.7 Å². The Bertz CT molecular complexity index is 771. The highest BCUT2D eigenvalue weighted by atomic mass is 35.5. The minimum Gasteiger partial charge on any atom is -0.339 e. The summed E-state index contributed by atoms with van der Waals surface area (Å²) >= 11 is 7.67. The number of nitrogens with one attached hydrogen (secondary N) is 2. The van der Waals surface area contributed by atoms with Crippen molar-refractivity contribution in [3.05, 3.63) is 40.2 Å². The van der Waals surface area contributed by atoms with Crippen molar-refractivity contribution < 1.29 is 0 Å². The molecular formula is C13H12ClN5S. The first kappa shape index (κ1) is 13.1. The van der Waals surface area contributed by atoms with Crippen LogP contribution in [0, 0.1) is 6.92 Å². The molecule has 0 saturated carbocycles. The lowest BCUT2D eigenvalue weighted by molar-refractivity contribution is 1.16. The first-order valence-corrected chi connectivity index (χ1v) is 7.18. The zero-order chi connectivity index (χ0) is 14.1. The average Bonchev–Trinajstić information content (AvgIpc) is 2.91. The molecule has 0 saturated heterocycles. The molecule has 1 aromatic carbocycles. The van der Waals surface area contributed by atoms with Crippen LogP contribution in [0.5, 0.6) is 0 Å². The van der Waals surface area contributed by atoms with Crippen LogP contribution in [0.25, 0.3) is 10.2 Å². The van der Waals surface area contributed by atoms with Gasteiger partial charge in [0.05, 0.1) is 5.39 Å². The lowest BCUT2D eigenvalue weighted by Gasteiger charge is -2.09. The minimum atomic E-state index is 0.376. The molecule has 0 unspecified atom stereocenters. The Hall–Kier alpha value is -1.89. The van der Waals surface area contributed by atoms with Gasteiger partial charge in [-0.25, -0.2) is 10.8 Å². The Kier molecular flexibility index (Phi) is 3.43. The summed E-state index contributed by atoms with van der Waals surface area (Å²) < 4.78 is 0. The van der Waals surface area contributed by atoms with Gasteiger partial charge < -0.3 is 5.32 Å². The Morgan fingerprint density at radius 1 is 1.25 bits per heavy atom. The number of benzene rings is 1. The van der Waals surface area contributed by atoms with Crippen LogP contribution in [-0.4, -0.2) is 9.97 Å². The van der Waals surface area contributed by atoms with Gasteiger partial charge in [0, 0.05) is 10.7 Å². The van der Waals surface area contributed by atoms with Crippen molar-refractivity contribution in [3.8, 4) is 0 Å². The van der Waals surface area contributed by atoms with Gasteiger partial charge >= 0.3 is 0 Å². The Labute approximate surface area is 124 Å². The van der Waals surface area contributed by atoms with Gasteiger partial charge in [0.25, 0.3) is 0 Å². The van der Waals surface area contributed by atoms with E-state index in [1.165, 1.54) is 11.3 Å². The van der Waals surface area contributed by atoms with E-state index in [1.807, 2.05) is 36.6 Å². The molecule has 0 aliphatic rings. The predicted octanol–water partition coefficient (Wildman–Crippen LogP) is 3.68. The summed E-state index contributed by atoms with van der Waals surface area (Å²) in [5.41, 5.74) is 4.38. The quantitative estimate of drug-likeness (QED) is 0.508. The number of hydrazine groups is 1. The van der Waals surface area contributed by atoms with Crippen LogP contribution in [0.3, 0.4) is 0 Å². The fourth-order valence-corrected chi connectivity index (χ4v) is 2.77. The van der Waals surface area contributed by atoms with Crippen LogP contribution in [0.4, 0.5) is 17.5 Å². The normalized spacial score (nSPS) is 10.8. The molecule has 2 heterocycles. The van der Waals surface area contributed by atoms with Gasteiger partial charge in [0.2, 0.25) is 5.95 Å². The molecular weight excluding hydrogens is 294 g/mol. The number of hydrogen-bond acceptors (Lipinski definition) is 6. The van der Waals surface area contributed by atoms with Crippen LogP contribution in [0.15, 0.2) is 29.6 Å². The number of thiophene rings is 1. The highest BCUT2D eigenvalue weighted by Gasteiger charge is 2.09. The summed E-state index contributed by atoms with van der Waals surface area (Å²) in [6.45, 7) is 1.96. The zero-order valence-corrected chi connectivity index (χ0v) is 12.2. The Morgan fingerprint density at radius 2 is 2.10 bits per heavy atom. The fraction of sp³-hybridized carbons (Fsp3) is 0.0769. The van der Waals surface area contributed by atoms with Crippen LogP contribution in [0.2, 0.25) is 5.02 Å². The number of rotatable bonds is 3. The lowest BCUT2D eigenvalue weighted by Crippen LogP contribution is -2.11. The number of aryl methyl sites for hydroxylation is 1. The molecule has 7 heteroatoms. The van der Waals surface area contributed by atoms with Gasteiger partial charge in [-0.05, 0) is 36.1 Å². The van der Waals surface area contributed by atoms with Gasteiger partial charge in [-0.15, -0.1) is 11.3 Å². The summed E-state index contributed by atoms with van der Waals surface area (Å²) in [5, 5.41) is 6.88. The molecule has 0 amide bonds. The molecule has 0 atom stereocenters. The van der Waals surface area contributed by atoms with E-state index in [1.54, 1.807) is 0 Å². The number of nitrogens with zero attached hydrogens (tertiary/aromatic N) is 2. The lowest BCUT2D eigenvalue weighted by atomic mass is 10.2. The number of anilines is 3. The van der Waals surface area contributed by atoms with Crippen molar-refractivity contribution in [2.24, 2.45) is 5.84 Å². The van der Waals surface area contributed by atoms with Crippen molar-refractivity contribution in [1.82, 2.24) is 9.97 Å². The number of halogens is 1. The molecule has 0 bridgehead atoms. The van der Waals surface area contributed by atoms with E-state index in [2.05, 4.69) is 20.7 Å². The fourth-order valence-electron chi connectivity index (χ4n) is 1.82. The topological polar surface area (TPSA) is 75.9 Å². The molecule has 5 nitrogen and oxygen atoms in total. The third-order valence-electron chi connectivity index (χ3n) is 2.89. The van der Waals surface area contributed by atoms with Crippen molar-refractivity contribution in [3.63, 3.8) is 0 Å². The molecule has 20 heavy (non-hydrogen) atoms. The van der Waals surface area contributed by atoms with E-state index >= 15 is 0 Å². The van der Waals surface area contributed by atoms with Gasteiger partial charge in [0.15, 0.2) is 0 Å². The maximum Gasteiger partial charge on any atom is 0.240 e. The molecule has 3 aromatic rings.